The average molecular weight is 571 g/mol. The van der Waals surface area contributed by atoms with E-state index < -0.39 is 0 Å². The van der Waals surface area contributed by atoms with Gasteiger partial charge in [0.2, 0.25) is 0 Å². The van der Waals surface area contributed by atoms with E-state index in [2.05, 4.69) is 36.4 Å². The molecule has 0 aliphatic heterocycles. The fourth-order valence-electron chi connectivity index (χ4n) is 8.04. The molecular weight excluding hydrogens is 520 g/mol. The second-order valence-corrected chi connectivity index (χ2v) is 13.5. The zero-order chi connectivity index (χ0) is 28.1. The molecule has 0 unspecified atom stereocenters. The largest absolute Gasteiger partial charge is 0.490 e. The molecule has 0 N–H and O–H groups in total. The van der Waals surface area contributed by atoms with Crippen molar-refractivity contribution in [3.8, 4) is 23.0 Å². The van der Waals surface area contributed by atoms with Gasteiger partial charge in [-0.05, 0) is 115 Å². The van der Waals surface area contributed by atoms with Crippen molar-refractivity contribution in [3.63, 3.8) is 0 Å². The van der Waals surface area contributed by atoms with Gasteiger partial charge in [0, 0.05) is 10.8 Å². The molecule has 0 saturated heterocycles. The summed E-state index contributed by atoms with van der Waals surface area (Å²) in [6.45, 7) is 0. The quantitative estimate of drug-likeness (QED) is 0.252. The topological polar surface area (TPSA) is 36.9 Å². The van der Waals surface area contributed by atoms with Crippen molar-refractivity contribution < 1.29 is 18.9 Å². The number of benzene rings is 3. The molecule has 3 aromatic carbocycles. The Hall–Kier alpha value is -2.62. The van der Waals surface area contributed by atoms with Crippen LogP contribution in [-0.4, -0.2) is 24.4 Å². The number of fused-ring (bicyclic) bond motifs is 2. The van der Waals surface area contributed by atoms with Crippen LogP contribution in [0, 0.1) is 0 Å². The van der Waals surface area contributed by atoms with Gasteiger partial charge in [-0.25, -0.2) is 0 Å². The van der Waals surface area contributed by atoms with Gasteiger partial charge in [0.15, 0.2) is 0 Å². The zero-order valence-electron chi connectivity index (χ0n) is 25.5. The Kier molecular flexibility index (Phi) is 8.95. The van der Waals surface area contributed by atoms with Crippen molar-refractivity contribution >= 4 is 21.5 Å². The average Bonchev–Trinajstić information content (AvgIpc) is 3.04. The van der Waals surface area contributed by atoms with Gasteiger partial charge < -0.3 is 18.9 Å². The van der Waals surface area contributed by atoms with Crippen molar-refractivity contribution in [1.29, 1.82) is 0 Å². The zero-order valence-corrected chi connectivity index (χ0v) is 25.5. The van der Waals surface area contributed by atoms with Gasteiger partial charge in [-0.3, -0.25) is 0 Å². The molecule has 0 amide bonds. The first-order valence-electron chi connectivity index (χ1n) is 17.5. The van der Waals surface area contributed by atoms with Gasteiger partial charge in [-0.15, -0.1) is 0 Å². The van der Waals surface area contributed by atoms with E-state index in [1.807, 2.05) is 0 Å². The maximum absolute atomic E-state index is 7.17. The Balaban J connectivity index is 1.42. The van der Waals surface area contributed by atoms with Crippen LogP contribution in [0.3, 0.4) is 0 Å². The molecule has 42 heavy (non-hydrogen) atoms. The fourth-order valence-corrected chi connectivity index (χ4v) is 8.04. The lowest BCUT2D eigenvalue weighted by Gasteiger charge is -2.30. The van der Waals surface area contributed by atoms with Crippen molar-refractivity contribution in [2.45, 2.75) is 153 Å². The molecule has 7 rings (SSSR count). The summed E-state index contributed by atoms with van der Waals surface area (Å²) in [5.74, 6) is 3.85. The summed E-state index contributed by atoms with van der Waals surface area (Å²) < 4.78 is 28.0. The van der Waals surface area contributed by atoms with E-state index in [1.165, 1.54) is 77.0 Å². The standard InChI is InChI=1S/C38H50O4/c1-5-15-27(16-6-1)39-33-25-13-23-31-35(33)38(42-30-21-11-4-12-22-30)36-32(37(31)41-29-19-9-3-10-20-29)24-14-26-34(36)40-28-17-7-2-8-18-28/h13-14,23-30H,1-12,15-22H2. The predicted octanol–water partition coefficient (Wildman–Crippen LogP) is 10.8. The highest BCUT2D eigenvalue weighted by Gasteiger charge is 2.29. The molecule has 0 radical (unpaired) electrons. The third-order valence-electron chi connectivity index (χ3n) is 10.4. The third kappa shape index (κ3) is 6.19. The predicted molar refractivity (Wildman–Crippen MR) is 171 cm³/mol. The lowest BCUT2D eigenvalue weighted by molar-refractivity contribution is 0.147. The lowest BCUT2D eigenvalue weighted by Crippen LogP contribution is -2.23. The molecule has 4 aliphatic rings. The summed E-state index contributed by atoms with van der Waals surface area (Å²) in [6, 6.07) is 13.1. The first-order chi connectivity index (χ1) is 20.8. The van der Waals surface area contributed by atoms with Gasteiger partial charge in [-0.2, -0.15) is 0 Å². The first-order valence-corrected chi connectivity index (χ1v) is 17.5. The molecule has 4 nitrogen and oxygen atoms in total. The van der Waals surface area contributed by atoms with Gasteiger partial charge in [0.25, 0.3) is 0 Å². The molecule has 4 heteroatoms. The van der Waals surface area contributed by atoms with Crippen LogP contribution in [-0.2, 0) is 0 Å². The molecule has 0 spiro atoms. The second-order valence-electron chi connectivity index (χ2n) is 13.5. The van der Waals surface area contributed by atoms with Crippen LogP contribution < -0.4 is 18.9 Å². The summed E-state index contributed by atoms with van der Waals surface area (Å²) in [5.41, 5.74) is 0. The Morgan fingerprint density at radius 2 is 0.690 bits per heavy atom. The summed E-state index contributed by atoms with van der Waals surface area (Å²) in [7, 11) is 0. The van der Waals surface area contributed by atoms with E-state index in [4.69, 9.17) is 18.9 Å². The molecule has 0 heterocycles. The Labute approximate surface area is 252 Å². The number of hydrogen-bond donors (Lipinski definition) is 0. The summed E-state index contributed by atoms with van der Waals surface area (Å²) in [6.07, 6.45) is 25.2. The highest BCUT2D eigenvalue weighted by Crippen LogP contribution is 2.51. The van der Waals surface area contributed by atoms with Gasteiger partial charge in [-0.1, -0.05) is 49.9 Å². The minimum absolute atomic E-state index is 0.223. The van der Waals surface area contributed by atoms with Crippen LogP contribution in [0.15, 0.2) is 36.4 Å². The van der Waals surface area contributed by atoms with E-state index in [-0.39, 0.29) is 24.4 Å². The van der Waals surface area contributed by atoms with Crippen molar-refractivity contribution in [2.24, 2.45) is 0 Å². The van der Waals surface area contributed by atoms with Crippen molar-refractivity contribution in [3.05, 3.63) is 36.4 Å². The van der Waals surface area contributed by atoms with Crippen molar-refractivity contribution in [2.75, 3.05) is 0 Å². The normalized spacial score (nSPS) is 21.9. The van der Waals surface area contributed by atoms with Crippen LogP contribution in [0.4, 0.5) is 0 Å². The number of rotatable bonds is 8. The van der Waals surface area contributed by atoms with E-state index in [1.54, 1.807) is 0 Å². The minimum Gasteiger partial charge on any atom is -0.490 e. The molecule has 4 aliphatic carbocycles. The summed E-state index contributed by atoms with van der Waals surface area (Å²) >= 11 is 0. The van der Waals surface area contributed by atoms with Gasteiger partial charge >= 0.3 is 0 Å². The Morgan fingerprint density at radius 3 is 1.07 bits per heavy atom. The number of hydrogen-bond acceptors (Lipinski definition) is 4. The molecule has 226 valence electrons. The summed E-state index contributed by atoms with van der Waals surface area (Å²) in [5, 5.41) is 4.43. The van der Waals surface area contributed by atoms with E-state index in [0.717, 1.165) is 95.9 Å². The highest BCUT2D eigenvalue weighted by atomic mass is 16.5. The first kappa shape index (κ1) is 28.2. The van der Waals surface area contributed by atoms with Crippen LogP contribution in [0.2, 0.25) is 0 Å². The number of ether oxygens (including phenoxy) is 4. The Bertz CT molecular complexity index is 1240. The van der Waals surface area contributed by atoms with E-state index in [9.17, 15) is 0 Å². The molecule has 4 saturated carbocycles. The van der Waals surface area contributed by atoms with Gasteiger partial charge in [0.1, 0.15) is 23.0 Å². The molecule has 0 atom stereocenters. The SMILES string of the molecule is c1cc(OC2CCCCC2)c2c(OC3CCCCC3)c3c(OC4CCCCC4)cccc3c(OC3CCCCC3)c2c1. The van der Waals surface area contributed by atoms with E-state index >= 15 is 0 Å². The Morgan fingerprint density at radius 1 is 0.357 bits per heavy atom. The monoisotopic (exact) mass is 570 g/mol. The molecule has 0 aromatic heterocycles. The summed E-state index contributed by atoms with van der Waals surface area (Å²) in [4.78, 5) is 0. The fraction of sp³-hybridized carbons (Fsp3) is 0.632. The molecular formula is C38H50O4. The highest BCUT2D eigenvalue weighted by molar-refractivity contribution is 6.15. The molecule has 4 fully saturated rings. The van der Waals surface area contributed by atoms with Gasteiger partial charge in [0.05, 0.1) is 35.2 Å². The third-order valence-corrected chi connectivity index (χ3v) is 10.4. The molecule has 0 bridgehead atoms. The van der Waals surface area contributed by atoms with Crippen LogP contribution in [0.5, 0.6) is 23.0 Å². The van der Waals surface area contributed by atoms with E-state index in [0.29, 0.717) is 0 Å². The second kappa shape index (κ2) is 13.3. The smallest absolute Gasteiger partial charge is 0.143 e. The maximum Gasteiger partial charge on any atom is 0.143 e. The van der Waals surface area contributed by atoms with Crippen LogP contribution in [0.1, 0.15) is 128 Å². The maximum atomic E-state index is 7.17. The van der Waals surface area contributed by atoms with Crippen LogP contribution >= 0.6 is 0 Å². The minimum atomic E-state index is 0.223. The van der Waals surface area contributed by atoms with Crippen molar-refractivity contribution in [1.82, 2.24) is 0 Å². The van der Waals surface area contributed by atoms with Crippen LogP contribution in [0.25, 0.3) is 21.5 Å². The lowest BCUT2D eigenvalue weighted by atomic mass is 9.94. The molecule has 3 aromatic rings.